The molecule has 1 saturated heterocycles. The zero-order valence-corrected chi connectivity index (χ0v) is 17.4. The first kappa shape index (κ1) is 19.2. The number of nitrogens with one attached hydrogen (secondary N) is 1. The van der Waals surface area contributed by atoms with Crippen molar-refractivity contribution in [3.05, 3.63) is 48.0 Å². The van der Waals surface area contributed by atoms with Crippen molar-refractivity contribution < 1.29 is 22.7 Å². The number of hydrogen-bond donors (Lipinski definition) is 1. The van der Waals surface area contributed by atoms with E-state index in [1.54, 1.807) is 36.4 Å². The molecule has 3 aliphatic rings. The van der Waals surface area contributed by atoms with Gasteiger partial charge in [0.05, 0.1) is 11.4 Å². The number of ether oxygens (including phenoxy) is 2. The molecule has 1 spiro atoms. The Morgan fingerprint density at radius 1 is 0.933 bits per heavy atom. The quantitative estimate of drug-likeness (QED) is 0.801. The molecule has 2 aromatic rings. The molecule has 2 fully saturated rings. The summed E-state index contributed by atoms with van der Waals surface area (Å²) >= 11 is 0. The number of anilines is 2. The molecule has 2 heterocycles. The van der Waals surface area contributed by atoms with E-state index >= 15 is 0 Å². The van der Waals surface area contributed by atoms with Crippen LogP contribution in [0.25, 0.3) is 0 Å². The lowest BCUT2D eigenvalue weighted by Gasteiger charge is -2.31. The van der Waals surface area contributed by atoms with Crippen LogP contribution in [-0.2, 0) is 10.0 Å². The van der Waals surface area contributed by atoms with Gasteiger partial charge in [-0.2, -0.15) is 0 Å². The summed E-state index contributed by atoms with van der Waals surface area (Å²) < 4.78 is 37.7. The van der Waals surface area contributed by atoms with Gasteiger partial charge in [0.15, 0.2) is 11.5 Å². The topological polar surface area (TPSA) is 84.9 Å². The van der Waals surface area contributed by atoms with Gasteiger partial charge in [0.25, 0.3) is 11.7 Å². The average molecular weight is 429 g/mol. The maximum absolute atomic E-state index is 12.7. The van der Waals surface area contributed by atoms with E-state index in [2.05, 4.69) is 5.32 Å². The van der Waals surface area contributed by atoms with E-state index in [1.807, 2.05) is 6.07 Å². The fourth-order valence-corrected chi connectivity index (χ4v) is 5.94. The van der Waals surface area contributed by atoms with E-state index in [9.17, 15) is 13.2 Å². The van der Waals surface area contributed by atoms with Crippen molar-refractivity contribution in [1.82, 2.24) is 0 Å². The summed E-state index contributed by atoms with van der Waals surface area (Å²) in [7, 11) is -3.23. The molecule has 1 amide bonds. The molecule has 30 heavy (non-hydrogen) atoms. The second-order valence-corrected chi connectivity index (χ2v) is 10.1. The number of nitrogens with zero attached hydrogens (tertiary/aromatic N) is 1. The Labute approximate surface area is 176 Å². The minimum Gasteiger partial charge on any atom is -0.448 e. The van der Waals surface area contributed by atoms with Gasteiger partial charge in [-0.3, -0.25) is 9.10 Å². The van der Waals surface area contributed by atoms with E-state index in [0.29, 0.717) is 41.4 Å². The molecule has 0 atom stereocenters. The highest BCUT2D eigenvalue weighted by Gasteiger charge is 2.42. The van der Waals surface area contributed by atoms with Gasteiger partial charge in [-0.25, -0.2) is 8.42 Å². The van der Waals surface area contributed by atoms with E-state index in [0.717, 1.165) is 25.7 Å². The van der Waals surface area contributed by atoms with Crippen molar-refractivity contribution in [2.24, 2.45) is 0 Å². The van der Waals surface area contributed by atoms with Crippen molar-refractivity contribution in [1.29, 1.82) is 0 Å². The molecule has 2 aliphatic heterocycles. The van der Waals surface area contributed by atoms with E-state index in [-0.39, 0.29) is 11.7 Å². The first-order valence-electron chi connectivity index (χ1n) is 10.4. The number of carbonyl (C=O) groups excluding carboxylic acids is 1. The molecule has 158 valence electrons. The van der Waals surface area contributed by atoms with Gasteiger partial charge in [-0.1, -0.05) is 6.42 Å². The largest absolute Gasteiger partial charge is 0.448 e. The normalized spacial score (nSPS) is 21.0. The third-order valence-electron chi connectivity index (χ3n) is 5.93. The average Bonchev–Trinajstić information content (AvgIpc) is 3.27. The Hall–Kier alpha value is -2.74. The number of fused-ring (bicyclic) bond motifs is 1. The minimum atomic E-state index is -3.23. The Balaban J connectivity index is 1.28. The maximum atomic E-state index is 12.7. The van der Waals surface area contributed by atoms with Crippen LogP contribution in [-0.4, -0.2) is 32.4 Å². The highest BCUT2D eigenvalue weighted by Crippen LogP contribution is 2.46. The fraction of sp³-hybridized carbons (Fsp3) is 0.409. The molecular formula is C22H24N2O5S. The minimum absolute atomic E-state index is 0.167. The van der Waals surface area contributed by atoms with E-state index in [1.165, 1.54) is 10.7 Å². The molecule has 8 heteroatoms. The SMILES string of the molecule is O=C(Nc1ccc2c(c1)OC1(CCCCC1)O2)c1ccc(N2CCCS2(=O)=O)cc1. The van der Waals surface area contributed by atoms with Crippen LogP contribution in [0.5, 0.6) is 11.5 Å². The summed E-state index contributed by atoms with van der Waals surface area (Å²) in [5.74, 6) is 0.725. The van der Waals surface area contributed by atoms with Crippen molar-refractivity contribution in [2.45, 2.75) is 44.3 Å². The van der Waals surface area contributed by atoms with Crippen LogP contribution < -0.4 is 19.1 Å². The van der Waals surface area contributed by atoms with Crippen LogP contribution in [0.1, 0.15) is 48.9 Å². The summed E-state index contributed by atoms with van der Waals surface area (Å²) in [6.07, 6.45) is 5.76. The van der Waals surface area contributed by atoms with Crippen LogP contribution in [0.4, 0.5) is 11.4 Å². The number of hydrogen-bond acceptors (Lipinski definition) is 5. The Kier molecular flexibility index (Phi) is 4.61. The molecule has 0 radical (unpaired) electrons. The molecule has 1 aliphatic carbocycles. The second kappa shape index (κ2) is 7.19. The van der Waals surface area contributed by atoms with Crippen LogP contribution in [0.2, 0.25) is 0 Å². The van der Waals surface area contributed by atoms with Gasteiger partial charge >= 0.3 is 0 Å². The number of benzene rings is 2. The maximum Gasteiger partial charge on any atom is 0.255 e. The number of amides is 1. The van der Waals surface area contributed by atoms with Gasteiger partial charge in [0, 0.05) is 36.7 Å². The lowest BCUT2D eigenvalue weighted by atomic mass is 9.94. The molecule has 7 nitrogen and oxygen atoms in total. The highest BCUT2D eigenvalue weighted by atomic mass is 32.2. The van der Waals surface area contributed by atoms with Crippen molar-refractivity contribution in [3.8, 4) is 11.5 Å². The van der Waals surface area contributed by atoms with Crippen LogP contribution in [0.15, 0.2) is 42.5 Å². The number of rotatable bonds is 3. The molecule has 0 unspecified atom stereocenters. The first-order valence-corrected chi connectivity index (χ1v) is 12.0. The number of sulfonamides is 1. The molecule has 0 aromatic heterocycles. The van der Waals surface area contributed by atoms with Crippen molar-refractivity contribution in [3.63, 3.8) is 0 Å². The third-order valence-corrected chi connectivity index (χ3v) is 7.80. The fourth-order valence-electron chi connectivity index (χ4n) is 4.38. The molecule has 1 N–H and O–H groups in total. The van der Waals surface area contributed by atoms with Gasteiger partial charge in [0.2, 0.25) is 10.0 Å². The van der Waals surface area contributed by atoms with Gasteiger partial charge in [0.1, 0.15) is 0 Å². The summed E-state index contributed by atoms with van der Waals surface area (Å²) in [6.45, 7) is 0.479. The van der Waals surface area contributed by atoms with E-state index < -0.39 is 15.8 Å². The van der Waals surface area contributed by atoms with Gasteiger partial charge in [-0.05, 0) is 55.7 Å². The molecule has 0 bridgehead atoms. The van der Waals surface area contributed by atoms with Crippen LogP contribution in [0, 0.1) is 0 Å². The first-order chi connectivity index (χ1) is 14.4. The third kappa shape index (κ3) is 3.49. The predicted octanol–water partition coefficient (Wildman–Crippen LogP) is 3.91. The van der Waals surface area contributed by atoms with E-state index in [4.69, 9.17) is 9.47 Å². The standard InChI is InChI=1S/C22H24N2O5S/c25-21(16-5-8-18(9-6-16)24-13-4-14-30(24,26)27)23-17-7-10-19-20(15-17)29-22(28-19)11-2-1-3-12-22/h5-10,15H,1-4,11-14H2,(H,23,25). The molecular weight excluding hydrogens is 404 g/mol. The van der Waals surface area contributed by atoms with Gasteiger partial charge in [-0.15, -0.1) is 0 Å². The van der Waals surface area contributed by atoms with Crippen molar-refractivity contribution in [2.75, 3.05) is 21.9 Å². The Morgan fingerprint density at radius 2 is 1.67 bits per heavy atom. The molecule has 5 rings (SSSR count). The lowest BCUT2D eigenvalue weighted by Crippen LogP contribution is -2.40. The summed E-state index contributed by atoms with van der Waals surface area (Å²) in [6, 6.07) is 12.0. The van der Waals surface area contributed by atoms with Crippen LogP contribution in [0.3, 0.4) is 0 Å². The smallest absolute Gasteiger partial charge is 0.255 e. The van der Waals surface area contributed by atoms with Crippen LogP contribution >= 0.6 is 0 Å². The number of carbonyl (C=O) groups is 1. The molecule has 2 aromatic carbocycles. The summed E-state index contributed by atoms with van der Waals surface area (Å²) in [5, 5.41) is 2.88. The van der Waals surface area contributed by atoms with Gasteiger partial charge < -0.3 is 14.8 Å². The zero-order chi connectivity index (χ0) is 20.8. The Bertz CT molecular complexity index is 1080. The van der Waals surface area contributed by atoms with Crippen molar-refractivity contribution >= 4 is 27.3 Å². The zero-order valence-electron chi connectivity index (χ0n) is 16.6. The monoisotopic (exact) mass is 428 g/mol. The molecule has 1 saturated carbocycles. The lowest BCUT2D eigenvalue weighted by molar-refractivity contribution is -0.105. The summed E-state index contributed by atoms with van der Waals surface area (Å²) in [4.78, 5) is 12.7. The summed E-state index contributed by atoms with van der Waals surface area (Å²) in [5.41, 5.74) is 1.67. The highest BCUT2D eigenvalue weighted by molar-refractivity contribution is 7.93. The Morgan fingerprint density at radius 3 is 2.37 bits per heavy atom. The predicted molar refractivity (Wildman–Crippen MR) is 114 cm³/mol. The second-order valence-electron chi connectivity index (χ2n) is 8.08.